The van der Waals surface area contributed by atoms with Crippen LogP contribution in [0.1, 0.15) is 32.3 Å². The predicted octanol–water partition coefficient (Wildman–Crippen LogP) is 8.53. The Morgan fingerprint density at radius 3 is 2.00 bits per heavy atom. The molecule has 0 saturated heterocycles. The van der Waals surface area contributed by atoms with Crippen LogP contribution in [0, 0.1) is 6.92 Å². The summed E-state index contributed by atoms with van der Waals surface area (Å²) in [6.45, 7) is 2.00. The Kier molecular flexibility index (Phi) is 10.5. The van der Waals surface area contributed by atoms with Gasteiger partial charge in [0, 0.05) is 26.9 Å². The van der Waals surface area contributed by atoms with Gasteiger partial charge in [-0.2, -0.15) is 0 Å². The highest BCUT2D eigenvalue weighted by Crippen LogP contribution is 2.36. The normalized spacial score (nSPS) is 11.7. The lowest BCUT2D eigenvalue weighted by Crippen LogP contribution is -2.30. The summed E-state index contributed by atoms with van der Waals surface area (Å²) in [5.41, 5.74) is 4.37. The van der Waals surface area contributed by atoms with E-state index in [4.69, 9.17) is 11.6 Å². The number of thioether (sulfide) groups is 1. The minimum absolute atomic E-state index is 0.0569. The zero-order valence-electron chi connectivity index (χ0n) is 24.4. The fourth-order valence-electron chi connectivity index (χ4n) is 4.40. The van der Waals surface area contributed by atoms with E-state index in [1.54, 1.807) is 66.7 Å². The zero-order valence-corrected chi connectivity index (χ0v) is 25.9. The summed E-state index contributed by atoms with van der Waals surface area (Å²) in [4.78, 5) is 40.6. The van der Waals surface area contributed by atoms with Crippen molar-refractivity contribution in [3.05, 3.63) is 166 Å². The highest BCUT2D eigenvalue weighted by atomic mass is 35.5. The molecule has 0 radical (unpaired) electrons. The molecule has 5 aromatic rings. The Morgan fingerprint density at radius 1 is 0.711 bits per heavy atom. The molecule has 0 aliphatic rings. The molecule has 1 unspecified atom stereocenters. The molecule has 6 nitrogen and oxygen atoms in total. The van der Waals surface area contributed by atoms with Crippen LogP contribution in [0.15, 0.2) is 144 Å². The maximum absolute atomic E-state index is 13.4. The fourth-order valence-corrected chi connectivity index (χ4v) is 5.63. The molecular formula is C37H30ClN3O3S. The zero-order chi connectivity index (χ0) is 31.6. The topological polar surface area (TPSA) is 87.3 Å². The molecule has 0 bridgehead atoms. The van der Waals surface area contributed by atoms with E-state index in [1.807, 2.05) is 79.7 Å². The second kappa shape index (κ2) is 15.1. The van der Waals surface area contributed by atoms with Gasteiger partial charge in [0.25, 0.3) is 11.8 Å². The van der Waals surface area contributed by atoms with Crippen LogP contribution in [-0.2, 0) is 9.59 Å². The van der Waals surface area contributed by atoms with Crippen molar-refractivity contribution in [2.24, 2.45) is 0 Å². The first-order valence-electron chi connectivity index (χ1n) is 14.2. The summed E-state index contributed by atoms with van der Waals surface area (Å²) >= 11 is 7.56. The summed E-state index contributed by atoms with van der Waals surface area (Å²) in [7, 11) is 0. The van der Waals surface area contributed by atoms with Gasteiger partial charge in [-0.1, -0.05) is 90.0 Å². The number of amides is 3. The lowest BCUT2D eigenvalue weighted by atomic mass is 10.1. The van der Waals surface area contributed by atoms with Gasteiger partial charge >= 0.3 is 0 Å². The maximum atomic E-state index is 13.4. The molecule has 0 fully saturated rings. The molecule has 0 aliphatic carbocycles. The predicted molar refractivity (Wildman–Crippen MR) is 183 cm³/mol. The van der Waals surface area contributed by atoms with Crippen LogP contribution in [0.25, 0.3) is 6.08 Å². The number of halogens is 1. The average molecular weight is 632 g/mol. The van der Waals surface area contributed by atoms with Crippen LogP contribution < -0.4 is 16.0 Å². The van der Waals surface area contributed by atoms with Crippen molar-refractivity contribution in [3.8, 4) is 0 Å². The first-order chi connectivity index (χ1) is 21.8. The van der Waals surface area contributed by atoms with E-state index in [1.165, 1.54) is 11.8 Å². The number of carbonyl (C=O) groups is 3. The third-order valence-electron chi connectivity index (χ3n) is 6.71. The van der Waals surface area contributed by atoms with Gasteiger partial charge in [-0.25, -0.2) is 0 Å². The number of anilines is 2. The first kappa shape index (κ1) is 31.3. The van der Waals surface area contributed by atoms with E-state index in [9.17, 15) is 14.4 Å². The molecule has 8 heteroatoms. The van der Waals surface area contributed by atoms with Crippen LogP contribution >= 0.6 is 23.4 Å². The highest BCUT2D eigenvalue weighted by Gasteiger charge is 2.22. The Hall–Kier alpha value is -5.11. The number of carbonyl (C=O) groups excluding carboxylic acids is 3. The molecule has 1 atom stereocenters. The average Bonchev–Trinajstić information content (AvgIpc) is 3.06. The molecular weight excluding hydrogens is 602 g/mol. The number of nitrogens with one attached hydrogen (secondary N) is 3. The summed E-state index contributed by atoms with van der Waals surface area (Å²) in [6, 6.07) is 40.1. The molecule has 5 aromatic carbocycles. The molecule has 5 rings (SSSR count). The molecule has 0 aromatic heterocycles. The molecule has 0 saturated carbocycles. The van der Waals surface area contributed by atoms with Crippen molar-refractivity contribution in [2.75, 3.05) is 10.6 Å². The second-order valence-electron chi connectivity index (χ2n) is 10.2. The van der Waals surface area contributed by atoms with Crippen molar-refractivity contribution in [1.29, 1.82) is 0 Å². The smallest absolute Gasteiger partial charge is 0.272 e. The van der Waals surface area contributed by atoms with Gasteiger partial charge in [0.2, 0.25) is 5.91 Å². The number of rotatable bonds is 10. The minimum Gasteiger partial charge on any atom is -0.325 e. The molecule has 3 amide bonds. The van der Waals surface area contributed by atoms with Crippen molar-refractivity contribution in [1.82, 2.24) is 5.32 Å². The monoisotopic (exact) mass is 631 g/mol. The van der Waals surface area contributed by atoms with Crippen LogP contribution in [-0.4, -0.2) is 17.7 Å². The van der Waals surface area contributed by atoms with Crippen LogP contribution in [0.2, 0.25) is 5.02 Å². The number of aryl methyl sites for hydroxylation is 1. The summed E-state index contributed by atoms with van der Waals surface area (Å²) < 4.78 is 0. The van der Waals surface area contributed by atoms with E-state index >= 15 is 0 Å². The van der Waals surface area contributed by atoms with E-state index < -0.39 is 17.1 Å². The highest BCUT2D eigenvalue weighted by molar-refractivity contribution is 8.00. The van der Waals surface area contributed by atoms with Crippen molar-refractivity contribution >= 4 is 58.5 Å². The second-order valence-corrected chi connectivity index (χ2v) is 11.8. The third-order valence-corrected chi connectivity index (χ3v) is 8.22. The maximum Gasteiger partial charge on any atom is 0.272 e. The Balaban J connectivity index is 1.32. The molecule has 0 aliphatic heterocycles. The van der Waals surface area contributed by atoms with Gasteiger partial charge in [0.05, 0.1) is 0 Å². The first-order valence-corrected chi connectivity index (χ1v) is 15.4. The summed E-state index contributed by atoms with van der Waals surface area (Å²) in [6.07, 6.45) is 1.57. The number of hydrogen-bond acceptors (Lipinski definition) is 4. The summed E-state index contributed by atoms with van der Waals surface area (Å²) in [5.74, 6) is -1.06. The Morgan fingerprint density at radius 2 is 1.33 bits per heavy atom. The van der Waals surface area contributed by atoms with Crippen molar-refractivity contribution in [3.63, 3.8) is 0 Å². The van der Waals surface area contributed by atoms with E-state index in [2.05, 4.69) is 16.0 Å². The molecule has 3 N–H and O–H groups in total. The molecule has 0 spiro atoms. The van der Waals surface area contributed by atoms with Gasteiger partial charge in [0.1, 0.15) is 10.9 Å². The van der Waals surface area contributed by atoms with Gasteiger partial charge < -0.3 is 16.0 Å². The summed E-state index contributed by atoms with van der Waals surface area (Å²) in [5, 5.41) is 8.62. The Labute approximate surface area is 271 Å². The van der Waals surface area contributed by atoms with Crippen molar-refractivity contribution in [2.45, 2.75) is 17.1 Å². The van der Waals surface area contributed by atoms with Gasteiger partial charge in [-0.15, -0.1) is 11.8 Å². The fraction of sp³-hybridized carbons (Fsp3) is 0.0541. The number of hydrogen-bond donors (Lipinski definition) is 3. The standard InChI is InChI=1S/C37H30ClN3O3S/c1-25-15-17-30(18-16-25)40-37(44)34(27-10-4-2-5-11-27)45-32-21-19-31(20-22-32)39-36(43)33(24-26-9-8-14-29(38)23-26)41-35(42)28-12-6-3-7-13-28/h2-24,34H,1H3,(H,39,43)(H,40,44)(H,41,42)/b33-24-. The van der Waals surface area contributed by atoms with E-state index in [-0.39, 0.29) is 11.6 Å². The molecule has 224 valence electrons. The van der Waals surface area contributed by atoms with E-state index in [0.717, 1.165) is 21.7 Å². The lowest BCUT2D eigenvalue weighted by Gasteiger charge is -2.18. The van der Waals surface area contributed by atoms with Crippen LogP contribution in [0.5, 0.6) is 0 Å². The van der Waals surface area contributed by atoms with Crippen molar-refractivity contribution < 1.29 is 14.4 Å². The molecule has 45 heavy (non-hydrogen) atoms. The molecule has 0 heterocycles. The Bertz CT molecular complexity index is 1810. The SMILES string of the molecule is Cc1ccc(NC(=O)C(Sc2ccc(NC(=O)/C(=C/c3cccc(Cl)c3)NC(=O)c3ccccc3)cc2)c2ccccc2)cc1. The third kappa shape index (κ3) is 8.95. The van der Waals surface area contributed by atoms with Crippen LogP contribution in [0.4, 0.5) is 11.4 Å². The quantitative estimate of drug-likeness (QED) is 0.106. The van der Waals surface area contributed by atoms with Crippen LogP contribution in [0.3, 0.4) is 0 Å². The van der Waals surface area contributed by atoms with Gasteiger partial charge in [-0.05, 0) is 84.8 Å². The minimum atomic E-state index is -0.506. The van der Waals surface area contributed by atoms with Gasteiger partial charge in [-0.3, -0.25) is 14.4 Å². The largest absolute Gasteiger partial charge is 0.325 e. The number of benzene rings is 5. The van der Waals surface area contributed by atoms with E-state index in [0.29, 0.717) is 21.8 Å². The lowest BCUT2D eigenvalue weighted by molar-refractivity contribution is -0.116. The van der Waals surface area contributed by atoms with Gasteiger partial charge in [0.15, 0.2) is 0 Å².